The van der Waals surface area contributed by atoms with Gasteiger partial charge >= 0.3 is 0 Å². The SMILES string of the molecule is CC(=O)Nc1cc(C(=O)[O-])cc(C(=O)[O-])c1. The van der Waals surface area contributed by atoms with Crippen molar-refractivity contribution in [1.82, 2.24) is 0 Å². The van der Waals surface area contributed by atoms with Crippen LogP contribution in [0.15, 0.2) is 18.2 Å². The Morgan fingerprint density at radius 1 is 1.00 bits per heavy atom. The van der Waals surface area contributed by atoms with Crippen LogP contribution < -0.4 is 15.5 Å². The zero-order valence-corrected chi connectivity index (χ0v) is 8.27. The van der Waals surface area contributed by atoms with Crippen molar-refractivity contribution >= 4 is 23.5 Å². The molecular weight excluding hydrogens is 214 g/mol. The monoisotopic (exact) mass is 221 g/mol. The van der Waals surface area contributed by atoms with Crippen LogP contribution in [0.1, 0.15) is 27.6 Å². The van der Waals surface area contributed by atoms with E-state index in [-0.39, 0.29) is 16.8 Å². The topological polar surface area (TPSA) is 109 Å². The highest BCUT2D eigenvalue weighted by atomic mass is 16.4. The van der Waals surface area contributed by atoms with Crippen LogP contribution in [0.2, 0.25) is 0 Å². The van der Waals surface area contributed by atoms with Crippen LogP contribution in [-0.2, 0) is 4.79 Å². The van der Waals surface area contributed by atoms with Crippen molar-refractivity contribution < 1.29 is 24.6 Å². The van der Waals surface area contributed by atoms with Gasteiger partial charge in [-0.05, 0) is 29.3 Å². The van der Waals surface area contributed by atoms with Crippen molar-refractivity contribution in [1.29, 1.82) is 0 Å². The molecule has 0 spiro atoms. The molecule has 0 saturated heterocycles. The minimum absolute atomic E-state index is 0.0633. The van der Waals surface area contributed by atoms with E-state index in [1.807, 2.05) is 0 Å². The van der Waals surface area contributed by atoms with E-state index in [1.54, 1.807) is 0 Å². The third-order valence-corrected chi connectivity index (χ3v) is 1.72. The van der Waals surface area contributed by atoms with E-state index < -0.39 is 17.8 Å². The number of nitrogens with one attached hydrogen (secondary N) is 1. The summed E-state index contributed by atoms with van der Waals surface area (Å²) in [6, 6.07) is 3.10. The molecule has 1 N–H and O–H groups in total. The highest BCUT2D eigenvalue weighted by Gasteiger charge is 2.04. The molecule has 0 aliphatic rings. The predicted octanol–water partition coefficient (Wildman–Crippen LogP) is -1.63. The minimum atomic E-state index is -1.53. The van der Waals surface area contributed by atoms with Gasteiger partial charge in [-0.25, -0.2) is 0 Å². The van der Waals surface area contributed by atoms with Gasteiger partial charge < -0.3 is 25.1 Å². The second kappa shape index (κ2) is 4.43. The van der Waals surface area contributed by atoms with Gasteiger partial charge in [-0.3, -0.25) is 4.79 Å². The molecule has 6 heteroatoms. The summed E-state index contributed by atoms with van der Waals surface area (Å²) in [6.07, 6.45) is 0. The van der Waals surface area contributed by atoms with E-state index in [4.69, 9.17) is 0 Å². The van der Waals surface area contributed by atoms with Crippen LogP contribution in [0.5, 0.6) is 0 Å². The maximum Gasteiger partial charge on any atom is 0.221 e. The molecule has 0 fully saturated rings. The number of carboxylic acids is 2. The normalized spacial score (nSPS) is 9.56. The molecule has 1 aromatic carbocycles. The van der Waals surface area contributed by atoms with Gasteiger partial charge in [-0.15, -0.1) is 0 Å². The van der Waals surface area contributed by atoms with Crippen LogP contribution >= 0.6 is 0 Å². The van der Waals surface area contributed by atoms with Gasteiger partial charge in [0.05, 0.1) is 11.9 Å². The van der Waals surface area contributed by atoms with E-state index in [9.17, 15) is 24.6 Å². The number of carbonyl (C=O) groups is 3. The first-order valence-corrected chi connectivity index (χ1v) is 4.25. The van der Waals surface area contributed by atoms with Crippen molar-refractivity contribution in [2.45, 2.75) is 6.92 Å². The summed E-state index contributed by atoms with van der Waals surface area (Å²) in [5, 5.41) is 23.4. The molecule has 0 heterocycles. The van der Waals surface area contributed by atoms with Gasteiger partial charge in [0.25, 0.3) is 0 Å². The fourth-order valence-electron chi connectivity index (χ4n) is 1.14. The molecule has 84 valence electrons. The Labute approximate surface area is 90.5 Å². The first-order valence-electron chi connectivity index (χ1n) is 4.25. The third kappa shape index (κ3) is 2.81. The highest BCUT2D eigenvalue weighted by Crippen LogP contribution is 2.14. The first-order chi connectivity index (χ1) is 7.40. The van der Waals surface area contributed by atoms with Crippen molar-refractivity contribution in [2.75, 3.05) is 5.32 Å². The van der Waals surface area contributed by atoms with Crippen LogP contribution in [0.3, 0.4) is 0 Å². The summed E-state index contributed by atoms with van der Waals surface area (Å²) < 4.78 is 0. The molecule has 1 rings (SSSR count). The maximum absolute atomic E-state index is 10.7. The van der Waals surface area contributed by atoms with Gasteiger partial charge in [-0.1, -0.05) is 0 Å². The molecule has 0 unspecified atom stereocenters. The van der Waals surface area contributed by atoms with Crippen molar-refractivity contribution in [2.24, 2.45) is 0 Å². The number of benzene rings is 1. The molecular formula is C10H7NO5-2. The van der Waals surface area contributed by atoms with Gasteiger partial charge in [-0.2, -0.15) is 0 Å². The Morgan fingerprint density at radius 3 is 1.75 bits per heavy atom. The van der Waals surface area contributed by atoms with Crippen LogP contribution in [0.4, 0.5) is 5.69 Å². The van der Waals surface area contributed by atoms with E-state index in [0.29, 0.717) is 0 Å². The zero-order chi connectivity index (χ0) is 12.3. The lowest BCUT2D eigenvalue weighted by Gasteiger charge is -2.11. The lowest BCUT2D eigenvalue weighted by molar-refractivity contribution is -0.255. The minimum Gasteiger partial charge on any atom is -0.545 e. The maximum atomic E-state index is 10.7. The molecule has 0 aliphatic heterocycles. The number of amides is 1. The van der Waals surface area contributed by atoms with Gasteiger partial charge in [0.1, 0.15) is 0 Å². The summed E-state index contributed by atoms with van der Waals surface area (Å²) in [6.45, 7) is 1.21. The molecule has 0 aliphatic carbocycles. The summed E-state index contributed by atoms with van der Waals surface area (Å²) in [4.78, 5) is 31.9. The Kier molecular flexibility index (Phi) is 3.24. The number of rotatable bonds is 3. The van der Waals surface area contributed by atoms with Crippen molar-refractivity contribution in [3.63, 3.8) is 0 Å². The van der Waals surface area contributed by atoms with Crippen LogP contribution in [0, 0.1) is 0 Å². The summed E-state index contributed by atoms with van der Waals surface area (Å²) in [5.41, 5.74) is -0.621. The Morgan fingerprint density at radius 2 is 1.44 bits per heavy atom. The van der Waals surface area contributed by atoms with Gasteiger partial charge in [0.2, 0.25) is 5.91 Å². The smallest absolute Gasteiger partial charge is 0.221 e. The summed E-state index contributed by atoms with van der Waals surface area (Å²) in [7, 11) is 0. The number of anilines is 1. The molecule has 1 aromatic rings. The zero-order valence-electron chi connectivity index (χ0n) is 8.27. The molecule has 0 aromatic heterocycles. The van der Waals surface area contributed by atoms with Crippen LogP contribution in [-0.4, -0.2) is 17.8 Å². The quantitative estimate of drug-likeness (QED) is 0.659. The molecule has 0 atom stereocenters. The lowest BCUT2D eigenvalue weighted by atomic mass is 10.1. The Hall–Kier alpha value is -2.37. The molecule has 16 heavy (non-hydrogen) atoms. The summed E-state index contributed by atoms with van der Waals surface area (Å²) in [5.74, 6) is -3.51. The van der Waals surface area contributed by atoms with Gasteiger partial charge in [0.15, 0.2) is 0 Å². The first kappa shape index (κ1) is 11.7. The molecule has 0 bridgehead atoms. The number of carboxylic acid groups (broad SMARTS) is 2. The second-order valence-corrected chi connectivity index (χ2v) is 3.06. The molecule has 0 radical (unpaired) electrons. The standard InChI is InChI=1S/C10H9NO5/c1-5(12)11-8-3-6(9(13)14)2-7(4-8)10(15)16/h2-4H,1H3,(H,11,12)(H,13,14)(H,15,16)/p-2. The number of carbonyl (C=O) groups excluding carboxylic acids is 3. The van der Waals surface area contributed by atoms with Crippen molar-refractivity contribution in [3.8, 4) is 0 Å². The van der Waals surface area contributed by atoms with E-state index in [1.165, 1.54) is 6.92 Å². The summed E-state index contributed by atoms with van der Waals surface area (Å²) >= 11 is 0. The van der Waals surface area contributed by atoms with E-state index in [2.05, 4.69) is 5.32 Å². The Balaban J connectivity index is 3.23. The average Bonchev–Trinajstić information content (AvgIpc) is 2.15. The molecule has 1 amide bonds. The third-order valence-electron chi connectivity index (χ3n) is 1.72. The lowest BCUT2D eigenvalue weighted by Crippen LogP contribution is -2.26. The Bertz CT molecular complexity index is 434. The highest BCUT2D eigenvalue weighted by molar-refractivity contribution is 5.96. The van der Waals surface area contributed by atoms with Crippen molar-refractivity contribution in [3.05, 3.63) is 29.3 Å². The number of aromatic carboxylic acids is 2. The molecule has 0 saturated carbocycles. The van der Waals surface area contributed by atoms with E-state index >= 15 is 0 Å². The average molecular weight is 221 g/mol. The predicted molar refractivity (Wildman–Crippen MR) is 49.4 cm³/mol. The fraction of sp³-hybridized carbons (Fsp3) is 0.100. The fourth-order valence-corrected chi connectivity index (χ4v) is 1.14. The number of hydrogen-bond donors (Lipinski definition) is 1. The number of hydrogen-bond acceptors (Lipinski definition) is 5. The second-order valence-electron chi connectivity index (χ2n) is 3.06. The molecule has 6 nitrogen and oxygen atoms in total. The van der Waals surface area contributed by atoms with Crippen LogP contribution in [0.25, 0.3) is 0 Å². The van der Waals surface area contributed by atoms with E-state index in [0.717, 1.165) is 18.2 Å². The largest absolute Gasteiger partial charge is 0.545 e. The van der Waals surface area contributed by atoms with Gasteiger partial charge in [0, 0.05) is 12.6 Å².